The summed E-state index contributed by atoms with van der Waals surface area (Å²) in [5, 5.41) is 2.22. The summed E-state index contributed by atoms with van der Waals surface area (Å²) in [7, 11) is 0. The minimum atomic E-state index is 0. The van der Waals surface area contributed by atoms with Crippen LogP contribution >= 0.6 is 12.4 Å². The van der Waals surface area contributed by atoms with Crippen molar-refractivity contribution in [1.29, 1.82) is 0 Å². The van der Waals surface area contributed by atoms with E-state index in [0.29, 0.717) is 0 Å². The highest BCUT2D eigenvalue weighted by Gasteiger charge is 2.05. The number of halogens is 1. The Bertz CT molecular complexity index is 618. The first-order valence-corrected chi connectivity index (χ1v) is 4.38. The molecule has 2 N–H and O–H groups in total. The molecule has 76 valence electrons. The lowest BCUT2D eigenvalue weighted by Gasteiger charge is -1.95. The number of aromatic nitrogens is 1. The Labute approximate surface area is 92.3 Å². The zero-order valence-corrected chi connectivity index (χ0v) is 8.62. The van der Waals surface area contributed by atoms with E-state index in [0.717, 1.165) is 21.9 Å². The van der Waals surface area contributed by atoms with Crippen LogP contribution in [0, 0.1) is 0 Å². The number of benzene rings is 2. The second-order valence-corrected chi connectivity index (χ2v) is 3.19. The molecule has 4 heteroatoms. The third-order valence-corrected chi connectivity index (χ3v) is 2.30. The van der Waals surface area contributed by atoms with Gasteiger partial charge in [0, 0.05) is 5.39 Å². The topological polar surface area (TPSA) is 52.0 Å². The summed E-state index contributed by atoms with van der Waals surface area (Å²) >= 11 is 0. The van der Waals surface area contributed by atoms with Crippen molar-refractivity contribution in [2.45, 2.75) is 0 Å². The lowest BCUT2D eigenvalue weighted by molar-refractivity contribution is 0.626. The van der Waals surface area contributed by atoms with E-state index in [1.807, 2.05) is 36.4 Å². The number of anilines is 1. The van der Waals surface area contributed by atoms with Crippen LogP contribution in [0.5, 0.6) is 0 Å². The van der Waals surface area contributed by atoms with Crippen LogP contribution in [-0.2, 0) is 0 Å². The molecule has 1 aromatic heterocycles. The first kappa shape index (κ1) is 9.80. The van der Waals surface area contributed by atoms with Gasteiger partial charge in [0.15, 0.2) is 5.58 Å². The number of rotatable bonds is 0. The summed E-state index contributed by atoms with van der Waals surface area (Å²) in [6.45, 7) is 0. The van der Waals surface area contributed by atoms with Crippen LogP contribution in [0.15, 0.2) is 40.8 Å². The van der Waals surface area contributed by atoms with E-state index in [1.54, 1.807) is 0 Å². The normalized spacial score (nSPS) is 10.4. The monoisotopic (exact) mass is 220 g/mol. The van der Waals surface area contributed by atoms with Crippen molar-refractivity contribution in [2.75, 3.05) is 5.73 Å². The summed E-state index contributed by atoms with van der Waals surface area (Å²) < 4.78 is 5.24. The summed E-state index contributed by atoms with van der Waals surface area (Å²) in [6, 6.07) is 12.1. The third-order valence-electron chi connectivity index (χ3n) is 2.30. The first-order valence-electron chi connectivity index (χ1n) is 4.38. The Kier molecular flexibility index (Phi) is 2.25. The van der Waals surface area contributed by atoms with E-state index < -0.39 is 0 Å². The van der Waals surface area contributed by atoms with Crippen molar-refractivity contribution in [1.82, 2.24) is 4.98 Å². The van der Waals surface area contributed by atoms with Crippen molar-refractivity contribution in [3.63, 3.8) is 0 Å². The number of hydrogen-bond acceptors (Lipinski definition) is 3. The second-order valence-electron chi connectivity index (χ2n) is 3.19. The van der Waals surface area contributed by atoms with Crippen LogP contribution in [0.3, 0.4) is 0 Å². The maximum atomic E-state index is 5.50. The number of hydrogen-bond donors (Lipinski definition) is 1. The molecule has 0 amide bonds. The van der Waals surface area contributed by atoms with Crippen LogP contribution in [0.4, 0.5) is 6.01 Å². The molecule has 0 saturated heterocycles. The number of oxazole rings is 1. The average molecular weight is 221 g/mol. The largest absolute Gasteiger partial charge is 0.424 e. The maximum Gasteiger partial charge on any atom is 0.293 e. The van der Waals surface area contributed by atoms with E-state index in [9.17, 15) is 0 Å². The van der Waals surface area contributed by atoms with Gasteiger partial charge < -0.3 is 10.2 Å². The standard InChI is InChI=1S/C11H8N2O.ClH/c12-11-13-10-8-4-2-1-3-7(8)5-6-9(10)14-11;/h1-6H,(H2,12,13);1H. The molecule has 2 aromatic carbocycles. The van der Waals surface area contributed by atoms with E-state index >= 15 is 0 Å². The lowest BCUT2D eigenvalue weighted by atomic mass is 10.1. The summed E-state index contributed by atoms with van der Waals surface area (Å²) in [6.07, 6.45) is 0. The molecular weight excluding hydrogens is 212 g/mol. The molecular formula is C11H9ClN2O. The zero-order valence-electron chi connectivity index (χ0n) is 7.81. The highest BCUT2D eigenvalue weighted by Crippen LogP contribution is 2.25. The van der Waals surface area contributed by atoms with E-state index in [4.69, 9.17) is 10.2 Å². The average Bonchev–Trinajstić information content (AvgIpc) is 2.59. The molecule has 0 atom stereocenters. The fourth-order valence-corrected chi connectivity index (χ4v) is 1.68. The molecule has 3 rings (SSSR count). The molecule has 0 fully saturated rings. The highest BCUT2D eigenvalue weighted by atomic mass is 35.5. The summed E-state index contributed by atoms with van der Waals surface area (Å²) in [5.41, 5.74) is 7.07. The predicted molar refractivity (Wildman–Crippen MR) is 63.2 cm³/mol. The van der Waals surface area contributed by atoms with Crippen molar-refractivity contribution in [3.05, 3.63) is 36.4 Å². The van der Waals surface area contributed by atoms with Gasteiger partial charge >= 0.3 is 0 Å². The minimum Gasteiger partial charge on any atom is -0.424 e. The molecule has 0 aliphatic rings. The van der Waals surface area contributed by atoms with Gasteiger partial charge in [0.1, 0.15) is 5.52 Å². The molecule has 0 aliphatic carbocycles. The number of nitrogens with zero attached hydrogens (tertiary/aromatic N) is 1. The molecule has 3 aromatic rings. The van der Waals surface area contributed by atoms with Crippen molar-refractivity contribution in [3.8, 4) is 0 Å². The Morgan fingerprint density at radius 2 is 1.87 bits per heavy atom. The Balaban J connectivity index is 0.000000853. The van der Waals surface area contributed by atoms with Crippen molar-refractivity contribution < 1.29 is 4.42 Å². The Hall–Kier alpha value is -1.74. The SMILES string of the molecule is Cl.Nc1nc2c(ccc3ccccc32)o1. The van der Waals surface area contributed by atoms with Gasteiger partial charge in [0.2, 0.25) is 0 Å². The molecule has 0 unspecified atom stereocenters. The molecule has 0 radical (unpaired) electrons. The van der Waals surface area contributed by atoms with Crippen molar-refractivity contribution in [2.24, 2.45) is 0 Å². The third kappa shape index (κ3) is 1.41. The van der Waals surface area contributed by atoms with Crippen LogP contribution < -0.4 is 5.73 Å². The maximum absolute atomic E-state index is 5.50. The van der Waals surface area contributed by atoms with Gasteiger partial charge in [0.25, 0.3) is 6.01 Å². The van der Waals surface area contributed by atoms with E-state index in [1.165, 1.54) is 0 Å². The summed E-state index contributed by atoms with van der Waals surface area (Å²) in [4.78, 5) is 4.15. The van der Waals surface area contributed by atoms with Gasteiger partial charge in [-0.3, -0.25) is 0 Å². The zero-order chi connectivity index (χ0) is 9.54. The second kappa shape index (κ2) is 3.44. The fourth-order valence-electron chi connectivity index (χ4n) is 1.68. The van der Waals surface area contributed by atoms with E-state index in [2.05, 4.69) is 4.98 Å². The predicted octanol–water partition coefficient (Wildman–Crippen LogP) is 2.99. The molecule has 15 heavy (non-hydrogen) atoms. The molecule has 0 spiro atoms. The van der Waals surface area contributed by atoms with Gasteiger partial charge in [0.05, 0.1) is 0 Å². The summed E-state index contributed by atoms with van der Waals surface area (Å²) in [5.74, 6) is 0. The smallest absolute Gasteiger partial charge is 0.293 e. The quantitative estimate of drug-likeness (QED) is 0.634. The van der Waals surface area contributed by atoms with Crippen LogP contribution in [0.2, 0.25) is 0 Å². The van der Waals surface area contributed by atoms with Gasteiger partial charge in [-0.25, -0.2) is 0 Å². The molecule has 0 bridgehead atoms. The first-order chi connectivity index (χ1) is 6.84. The molecule has 0 aliphatic heterocycles. The Morgan fingerprint density at radius 3 is 2.73 bits per heavy atom. The van der Waals surface area contributed by atoms with Crippen molar-refractivity contribution >= 4 is 40.3 Å². The fraction of sp³-hybridized carbons (Fsp3) is 0. The molecule has 0 saturated carbocycles. The minimum absolute atomic E-state index is 0. The van der Waals surface area contributed by atoms with Gasteiger partial charge in [-0.15, -0.1) is 12.4 Å². The van der Waals surface area contributed by atoms with Gasteiger partial charge in [-0.2, -0.15) is 4.98 Å². The Morgan fingerprint density at radius 1 is 1.07 bits per heavy atom. The lowest BCUT2D eigenvalue weighted by Crippen LogP contribution is -1.81. The van der Waals surface area contributed by atoms with E-state index in [-0.39, 0.29) is 18.4 Å². The number of fused-ring (bicyclic) bond motifs is 3. The van der Waals surface area contributed by atoms with Gasteiger partial charge in [-0.1, -0.05) is 30.3 Å². The van der Waals surface area contributed by atoms with Crippen LogP contribution in [0.1, 0.15) is 0 Å². The van der Waals surface area contributed by atoms with Crippen LogP contribution in [-0.4, -0.2) is 4.98 Å². The molecule has 1 heterocycles. The molecule has 3 nitrogen and oxygen atoms in total. The van der Waals surface area contributed by atoms with Crippen LogP contribution in [0.25, 0.3) is 21.9 Å². The highest BCUT2D eigenvalue weighted by molar-refractivity contribution is 6.03. The number of nitrogen functional groups attached to an aromatic ring is 1. The number of nitrogens with two attached hydrogens (primary N) is 1. The van der Waals surface area contributed by atoms with Gasteiger partial charge in [-0.05, 0) is 11.5 Å².